The highest BCUT2D eigenvalue weighted by Crippen LogP contribution is 2.35. The molecule has 2 heterocycles. The molecule has 2 aliphatic rings. The maximum absolute atomic E-state index is 9.55. The van der Waals surface area contributed by atoms with Gasteiger partial charge in [-0.15, -0.1) is 0 Å². The van der Waals surface area contributed by atoms with Gasteiger partial charge in [-0.2, -0.15) is 0 Å². The first kappa shape index (κ1) is 17.0. The zero-order chi connectivity index (χ0) is 16.0. The third-order valence-corrected chi connectivity index (χ3v) is 3.72. The molecule has 2 unspecified atom stereocenters. The molecule has 0 aromatic heterocycles. The number of nitrogens with zero attached hydrogens (tertiary/aromatic N) is 1. The van der Waals surface area contributed by atoms with Gasteiger partial charge in [0.25, 0.3) is 0 Å². The Balaban J connectivity index is 0.000000240. The van der Waals surface area contributed by atoms with E-state index < -0.39 is 11.9 Å². The minimum Gasteiger partial charge on any atom is -0.497 e. The van der Waals surface area contributed by atoms with Crippen LogP contribution in [-0.2, 0) is 14.3 Å². The molecule has 0 spiro atoms. The van der Waals surface area contributed by atoms with Crippen molar-refractivity contribution in [3.05, 3.63) is 36.1 Å². The Morgan fingerprint density at radius 1 is 1.33 bits per heavy atom. The van der Waals surface area contributed by atoms with Crippen molar-refractivity contribution in [2.75, 3.05) is 14.2 Å². The van der Waals surface area contributed by atoms with Gasteiger partial charge in [0.1, 0.15) is 5.76 Å². The highest BCUT2D eigenvalue weighted by atomic mass is 16.5. The monoisotopic (exact) mass is 295 g/mol. The molecule has 2 aliphatic heterocycles. The summed E-state index contributed by atoms with van der Waals surface area (Å²) in [6, 6.07) is 1.34. The lowest BCUT2D eigenvalue weighted by Gasteiger charge is -2.30. The summed E-state index contributed by atoms with van der Waals surface area (Å²) in [6.45, 7) is 3.91. The molecule has 0 amide bonds. The highest BCUT2D eigenvalue weighted by molar-refractivity contribution is 5.89. The summed E-state index contributed by atoms with van der Waals surface area (Å²) in [5.74, 6) is -1.66. The molecule has 1 saturated heterocycles. The number of ether oxygens (including phenoxy) is 1. The van der Waals surface area contributed by atoms with Gasteiger partial charge < -0.3 is 14.9 Å². The molecule has 0 radical (unpaired) electrons. The van der Waals surface area contributed by atoms with Crippen LogP contribution in [0.1, 0.15) is 19.3 Å². The number of aliphatic carboxylic acids is 2. The van der Waals surface area contributed by atoms with Crippen LogP contribution in [0, 0.1) is 0 Å². The normalized spacial score (nSPS) is 24.0. The minimum absolute atomic E-state index is 0.558. The number of carbonyl (C=O) groups is 2. The molecule has 6 nitrogen and oxygen atoms in total. The van der Waals surface area contributed by atoms with Crippen LogP contribution in [0.3, 0.4) is 0 Å². The predicted molar refractivity (Wildman–Crippen MR) is 77.8 cm³/mol. The molecule has 2 rings (SSSR count). The number of likely N-dealkylation sites (N-methyl/N-ethyl adjacent to an activating group) is 1. The Morgan fingerprint density at radius 2 is 1.90 bits per heavy atom. The van der Waals surface area contributed by atoms with E-state index in [1.165, 1.54) is 18.4 Å². The lowest BCUT2D eigenvalue weighted by Crippen LogP contribution is -2.35. The van der Waals surface area contributed by atoms with Crippen LogP contribution in [0.15, 0.2) is 36.1 Å². The molecule has 2 bridgehead atoms. The molecular weight excluding hydrogens is 274 g/mol. The van der Waals surface area contributed by atoms with E-state index in [1.54, 1.807) is 7.11 Å². The second kappa shape index (κ2) is 7.64. The van der Waals surface area contributed by atoms with E-state index in [0.717, 1.165) is 18.2 Å². The third-order valence-electron chi connectivity index (χ3n) is 3.72. The van der Waals surface area contributed by atoms with Gasteiger partial charge in [-0.1, -0.05) is 12.7 Å². The number of allylic oxidation sites excluding steroid dienone is 1. The van der Waals surface area contributed by atoms with Crippen LogP contribution in [0.5, 0.6) is 0 Å². The summed E-state index contributed by atoms with van der Waals surface area (Å²) in [7, 11) is 3.91. The molecule has 116 valence electrons. The first-order chi connectivity index (χ1) is 9.85. The van der Waals surface area contributed by atoms with Gasteiger partial charge >= 0.3 is 11.9 Å². The summed E-state index contributed by atoms with van der Waals surface area (Å²) in [5, 5.41) is 15.6. The van der Waals surface area contributed by atoms with Crippen LogP contribution in [-0.4, -0.2) is 53.3 Å². The van der Waals surface area contributed by atoms with Crippen LogP contribution in [0.2, 0.25) is 0 Å². The summed E-state index contributed by atoms with van der Waals surface area (Å²) in [6.07, 6.45) is 7.15. The number of rotatable bonds is 4. The Morgan fingerprint density at radius 3 is 2.33 bits per heavy atom. The van der Waals surface area contributed by atoms with Crippen molar-refractivity contribution in [3.63, 3.8) is 0 Å². The number of fused-ring (bicyclic) bond motifs is 2. The number of methoxy groups -OCH3 is 1. The predicted octanol–water partition coefficient (Wildman–Crippen LogP) is 1.65. The van der Waals surface area contributed by atoms with Crippen molar-refractivity contribution in [3.8, 4) is 0 Å². The lowest BCUT2D eigenvalue weighted by molar-refractivity contribution is -0.134. The van der Waals surface area contributed by atoms with Crippen molar-refractivity contribution in [2.24, 2.45) is 0 Å². The molecule has 2 atom stereocenters. The van der Waals surface area contributed by atoms with Crippen molar-refractivity contribution in [1.82, 2.24) is 4.90 Å². The summed E-state index contributed by atoms with van der Waals surface area (Å²) in [5.41, 5.74) is 1.31. The Kier molecular flexibility index (Phi) is 6.17. The van der Waals surface area contributed by atoms with Gasteiger partial charge in [0.2, 0.25) is 0 Å². The average Bonchev–Trinajstić information content (AvgIpc) is 2.67. The van der Waals surface area contributed by atoms with Crippen molar-refractivity contribution < 1.29 is 24.5 Å². The molecule has 1 fully saturated rings. The quantitative estimate of drug-likeness (QED) is 0.606. The molecule has 0 saturated carbocycles. The first-order valence-electron chi connectivity index (χ1n) is 6.65. The smallest absolute Gasteiger partial charge is 0.328 e. The fourth-order valence-electron chi connectivity index (χ4n) is 2.52. The Bertz CT molecular complexity index is 464. The maximum Gasteiger partial charge on any atom is 0.328 e. The Labute approximate surface area is 124 Å². The fourth-order valence-corrected chi connectivity index (χ4v) is 2.52. The zero-order valence-corrected chi connectivity index (χ0v) is 12.3. The van der Waals surface area contributed by atoms with Gasteiger partial charge in [0.15, 0.2) is 0 Å². The number of carboxylic acids is 2. The third kappa shape index (κ3) is 5.07. The second-order valence-corrected chi connectivity index (χ2v) is 5.00. The first-order valence-corrected chi connectivity index (χ1v) is 6.65. The molecule has 21 heavy (non-hydrogen) atoms. The van der Waals surface area contributed by atoms with Gasteiger partial charge in [-0.3, -0.25) is 4.90 Å². The van der Waals surface area contributed by atoms with Crippen molar-refractivity contribution in [2.45, 2.75) is 31.3 Å². The van der Waals surface area contributed by atoms with Crippen molar-refractivity contribution >= 4 is 11.9 Å². The number of hydrogen-bond donors (Lipinski definition) is 2. The van der Waals surface area contributed by atoms with Crippen LogP contribution >= 0.6 is 0 Å². The van der Waals surface area contributed by atoms with Gasteiger partial charge in [0, 0.05) is 24.2 Å². The molecule has 2 N–H and O–H groups in total. The highest BCUT2D eigenvalue weighted by Gasteiger charge is 2.34. The summed E-state index contributed by atoms with van der Waals surface area (Å²) in [4.78, 5) is 21.6. The van der Waals surface area contributed by atoms with E-state index in [0.29, 0.717) is 18.2 Å². The average molecular weight is 295 g/mol. The summed E-state index contributed by atoms with van der Waals surface area (Å²) >= 11 is 0. The van der Waals surface area contributed by atoms with Crippen molar-refractivity contribution in [1.29, 1.82) is 0 Å². The van der Waals surface area contributed by atoms with E-state index in [-0.39, 0.29) is 0 Å². The molecule has 0 aromatic rings. The SMILES string of the molecule is C=C(OC)C1=CC2CCC(C1)N2C.O=C(O)/C=C/C(=O)O. The number of carboxylic acid groups (broad SMARTS) is 2. The Hall–Kier alpha value is -2.08. The van der Waals surface area contributed by atoms with E-state index in [9.17, 15) is 9.59 Å². The zero-order valence-electron chi connectivity index (χ0n) is 12.3. The molecule has 0 aromatic carbocycles. The van der Waals surface area contributed by atoms with Gasteiger partial charge in [-0.05, 0) is 31.9 Å². The van der Waals surface area contributed by atoms with Crippen LogP contribution in [0.25, 0.3) is 0 Å². The van der Waals surface area contributed by atoms with Gasteiger partial charge in [0.05, 0.1) is 7.11 Å². The second-order valence-electron chi connectivity index (χ2n) is 5.00. The maximum atomic E-state index is 9.55. The molecular formula is C15H21NO5. The largest absolute Gasteiger partial charge is 0.497 e. The summed E-state index contributed by atoms with van der Waals surface area (Å²) < 4.78 is 5.17. The van der Waals surface area contributed by atoms with E-state index >= 15 is 0 Å². The molecule has 6 heteroatoms. The minimum atomic E-state index is -1.26. The van der Waals surface area contributed by atoms with Crippen LogP contribution in [0.4, 0.5) is 0 Å². The van der Waals surface area contributed by atoms with E-state index in [2.05, 4.69) is 24.6 Å². The number of hydrogen-bond acceptors (Lipinski definition) is 4. The van der Waals surface area contributed by atoms with E-state index in [4.69, 9.17) is 14.9 Å². The molecule has 0 aliphatic carbocycles. The standard InChI is InChI=1S/C11H17NO.C4H4O4/c1-8(13-3)9-6-10-4-5-11(7-9)12(10)2;5-3(6)1-2-4(7)8/h6,10-11H,1,4-5,7H2,2-3H3;1-2H,(H,5,6)(H,7,8)/b;2-1+. The lowest BCUT2D eigenvalue weighted by atomic mass is 10.0. The van der Waals surface area contributed by atoms with Gasteiger partial charge in [-0.25, -0.2) is 9.59 Å². The van der Waals surface area contributed by atoms with Crippen LogP contribution < -0.4 is 0 Å². The topological polar surface area (TPSA) is 87.1 Å². The fraction of sp³-hybridized carbons (Fsp3) is 0.467. The van der Waals surface area contributed by atoms with E-state index in [1.807, 2.05) is 0 Å².